The predicted octanol–water partition coefficient (Wildman–Crippen LogP) is -0.841. The van der Waals surface area contributed by atoms with Gasteiger partial charge >= 0.3 is 11.9 Å². The Morgan fingerprint density at radius 1 is 1.00 bits per heavy atom. The fourth-order valence-electron chi connectivity index (χ4n) is 0.107. The molecule has 0 heterocycles. The van der Waals surface area contributed by atoms with Crippen LogP contribution in [-0.4, -0.2) is 22.2 Å². The van der Waals surface area contributed by atoms with Crippen molar-refractivity contribution < 1.29 is 19.8 Å². The van der Waals surface area contributed by atoms with E-state index in [1.54, 1.807) is 0 Å². The summed E-state index contributed by atoms with van der Waals surface area (Å²) in [6.45, 7) is 0. The van der Waals surface area contributed by atoms with Crippen LogP contribution in [0, 0.1) is 11.8 Å². The van der Waals surface area contributed by atoms with E-state index in [9.17, 15) is 9.59 Å². The van der Waals surface area contributed by atoms with Crippen molar-refractivity contribution >= 4 is 11.9 Å². The zero-order valence-corrected chi connectivity index (χ0v) is 3.71. The standard InChI is InChI=1S/C4H2O4/c5-3(6)1-2-4(7)8/h(H,5,6)(H,7,8)/i1+1,2+1,3+1,4+1. The van der Waals surface area contributed by atoms with Gasteiger partial charge in [0, 0.05) is 11.8 Å². The van der Waals surface area contributed by atoms with Crippen LogP contribution in [0.5, 0.6) is 0 Å². The quantitative estimate of drug-likeness (QED) is 0.321. The lowest BCUT2D eigenvalue weighted by molar-refractivity contribution is -0.132. The summed E-state index contributed by atoms with van der Waals surface area (Å²) in [7, 11) is 0. The zero-order valence-electron chi connectivity index (χ0n) is 3.71. The highest BCUT2D eigenvalue weighted by atomic mass is 16.5. The topological polar surface area (TPSA) is 74.6 Å². The monoisotopic (exact) mass is 118 g/mol. The van der Waals surface area contributed by atoms with Gasteiger partial charge in [-0.15, -0.1) is 0 Å². The first-order valence-corrected chi connectivity index (χ1v) is 1.61. The SMILES string of the molecule is O=[13C](O)[13C]#[13C][13C](=O)O. The van der Waals surface area contributed by atoms with E-state index in [-0.39, 0.29) is 0 Å². The van der Waals surface area contributed by atoms with Crippen molar-refractivity contribution in [3.8, 4) is 11.8 Å². The third-order valence-electron chi connectivity index (χ3n) is 0.276. The molecule has 4 heteroatoms. The molecular formula is C4H2O4. The highest BCUT2D eigenvalue weighted by Gasteiger charge is 1.86. The second kappa shape index (κ2) is 2.64. The van der Waals surface area contributed by atoms with E-state index in [0.717, 1.165) is 0 Å². The number of carboxylic acid groups (broad SMARTS) is 2. The molecule has 0 aliphatic carbocycles. The lowest BCUT2D eigenvalue weighted by Crippen LogP contribution is -1.92. The van der Waals surface area contributed by atoms with Crippen LogP contribution in [0.1, 0.15) is 0 Å². The molecule has 8 heavy (non-hydrogen) atoms. The Morgan fingerprint density at radius 3 is 1.38 bits per heavy atom. The van der Waals surface area contributed by atoms with Crippen LogP contribution < -0.4 is 0 Å². The number of aliphatic carboxylic acids is 2. The highest BCUT2D eigenvalue weighted by Crippen LogP contribution is 1.57. The summed E-state index contributed by atoms with van der Waals surface area (Å²) < 4.78 is 0. The molecule has 0 aliphatic heterocycles. The minimum absolute atomic E-state index is 1.41. The first-order valence-electron chi connectivity index (χ1n) is 1.61. The Morgan fingerprint density at radius 2 is 1.25 bits per heavy atom. The van der Waals surface area contributed by atoms with Gasteiger partial charge in [-0.1, -0.05) is 0 Å². The third kappa shape index (κ3) is 4.50. The molecule has 4 nitrogen and oxygen atoms in total. The van der Waals surface area contributed by atoms with E-state index in [2.05, 4.69) is 0 Å². The molecule has 2 N–H and O–H groups in total. The molecule has 0 radical (unpaired) electrons. The average molecular weight is 118 g/mol. The molecule has 0 amide bonds. The highest BCUT2D eigenvalue weighted by molar-refractivity contribution is 5.96. The van der Waals surface area contributed by atoms with Crippen LogP contribution in [0.3, 0.4) is 0 Å². The van der Waals surface area contributed by atoms with Gasteiger partial charge < -0.3 is 10.2 Å². The summed E-state index contributed by atoms with van der Waals surface area (Å²) >= 11 is 0. The van der Waals surface area contributed by atoms with E-state index in [4.69, 9.17) is 10.2 Å². The van der Waals surface area contributed by atoms with Gasteiger partial charge in [-0.25, -0.2) is 9.59 Å². The molecule has 0 spiro atoms. The molecule has 42 valence electrons. The molecule has 0 rings (SSSR count). The van der Waals surface area contributed by atoms with E-state index in [1.807, 2.05) is 0 Å². The normalized spacial score (nSPS) is 6.50. The molecule has 0 saturated carbocycles. The van der Waals surface area contributed by atoms with Crippen LogP contribution in [0.4, 0.5) is 0 Å². The Hall–Kier alpha value is -1.50. The average Bonchev–Trinajstić information content (AvgIpc) is 1.61. The smallest absolute Gasteiger partial charge is 0.382 e. The molecule has 0 aromatic carbocycles. The first-order chi connectivity index (χ1) is 3.63. The number of rotatable bonds is 0. The largest absolute Gasteiger partial charge is 0.472 e. The molecule has 0 atom stereocenters. The van der Waals surface area contributed by atoms with E-state index >= 15 is 0 Å². The van der Waals surface area contributed by atoms with Crippen molar-refractivity contribution in [3.05, 3.63) is 0 Å². The van der Waals surface area contributed by atoms with Gasteiger partial charge in [-0.3, -0.25) is 0 Å². The van der Waals surface area contributed by atoms with Gasteiger partial charge in [0.2, 0.25) is 0 Å². The summed E-state index contributed by atoms with van der Waals surface area (Å²) in [5.41, 5.74) is 0. The second-order valence-electron chi connectivity index (χ2n) is 0.860. The van der Waals surface area contributed by atoms with Crippen molar-refractivity contribution in [3.63, 3.8) is 0 Å². The molecule has 0 saturated heterocycles. The van der Waals surface area contributed by atoms with Gasteiger partial charge in [-0.2, -0.15) is 0 Å². The molecule has 0 fully saturated rings. The third-order valence-corrected chi connectivity index (χ3v) is 0.276. The van der Waals surface area contributed by atoms with Gasteiger partial charge in [0.1, 0.15) is 0 Å². The summed E-state index contributed by atoms with van der Waals surface area (Å²) in [6, 6.07) is 0. The number of carbonyl (C=O) groups is 2. The molecule has 0 aromatic rings. The van der Waals surface area contributed by atoms with E-state index in [0.29, 0.717) is 0 Å². The molecule has 0 bridgehead atoms. The number of hydrogen-bond acceptors (Lipinski definition) is 2. The summed E-state index contributed by atoms with van der Waals surface area (Å²) in [6.07, 6.45) is 0. The fourth-order valence-corrected chi connectivity index (χ4v) is 0.107. The van der Waals surface area contributed by atoms with Crippen molar-refractivity contribution in [2.45, 2.75) is 0 Å². The van der Waals surface area contributed by atoms with E-state index < -0.39 is 11.9 Å². The first kappa shape index (κ1) is 6.50. The number of carboxylic acids is 2. The summed E-state index contributed by atoms with van der Waals surface area (Å²) in [4.78, 5) is 18.9. The minimum Gasteiger partial charge on any atom is -0.472 e. The predicted molar refractivity (Wildman–Crippen MR) is 23.0 cm³/mol. The van der Waals surface area contributed by atoms with E-state index in [1.165, 1.54) is 11.8 Å². The Bertz CT molecular complexity index is 152. The molecule has 0 unspecified atom stereocenters. The van der Waals surface area contributed by atoms with Gasteiger partial charge in [-0.05, 0) is 0 Å². The van der Waals surface area contributed by atoms with Crippen LogP contribution in [0.2, 0.25) is 0 Å². The number of hydrogen-bond donors (Lipinski definition) is 2. The second-order valence-corrected chi connectivity index (χ2v) is 0.860. The molecular weight excluding hydrogens is 116 g/mol. The Balaban J connectivity index is 3.87. The lowest BCUT2D eigenvalue weighted by atomic mass is 11.5. The lowest BCUT2D eigenvalue weighted by Gasteiger charge is -1.68. The maximum absolute atomic E-state index is 9.47. The maximum Gasteiger partial charge on any atom is 0.382 e. The summed E-state index contributed by atoms with van der Waals surface area (Å²) in [5.74, 6) is -0.0511. The fraction of sp³-hybridized carbons (Fsp3) is 0. The Labute approximate surface area is 44.7 Å². The van der Waals surface area contributed by atoms with Crippen molar-refractivity contribution in [2.24, 2.45) is 0 Å². The Kier molecular flexibility index (Phi) is 2.14. The minimum atomic E-state index is -1.44. The van der Waals surface area contributed by atoms with Crippen LogP contribution >= 0.6 is 0 Å². The van der Waals surface area contributed by atoms with Crippen molar-refractivity contribution in [1.29, 1.82) is 0 Å². The van der Waals surface area contributed by atoms with Crippen LogP contribution in [-0.2, 0) is 9.59 Å². The zero-order chi connectivity index (χ0) is 6.57. The van der Waals surface area contributed by atoms with Crippen molar-refractivity contribution in [2.75, 3.05) is 0 Å². The van der Waals surface area contributed by atoms with Crippen LogP contribution in [0.15, 0.2) is 0 Å². The van der Waals surface area contributed by atoms with Crippen molar-refractivity contribution in [1.82, 2.24) is 0 Å². The molecule has 0 aliphatic rings. The van der Waals surface area contributed by atoms with Gasteiger partial charge in [0.25, 0.3) is 0 Å². The van der Waals surface area contributed by atoms with Crippen LogP contribution in [0.25, 0.3) is 0 Å². The van der Waals surface area contributed by atoms with Gasteiger partial charge in [0.05, 0.1) is 0 Å². The maximum atomic E-state index is 9.47. The summed E-state index contributed by atoms with van der Waals surface area (Å²) in [5, 5.41) is 15.5. The van der Waals surface area contributed by atoms with Gasteiger partial charge in [0.15, 0.2) is 0 Å². The molecule has 0 aromatic heterocycles.